The molecule has 9 heteroatoms. The molecule has 0 saturated carbocycles. The molecule has 2 amide bonds. The van der Waals surface area contributed by atoms with Crippen molar-refractivity contribution >= 4 is 33.7 Å². The average Bonchev–Trinajstić information content (AvgIpc) is 3.52. The molecular weight excluding hydrogens is 612 g/mol. The van der Waals surface area contributed by atoms with Crippen LogP contribution in [0, 0.1) is 17.3 Å². The Bertz CT molecular complexity index is 1210. The summed E-state index contributed by atoms with van der Waals surface area (Å²) in [5.41, 5.74) is -1.000. The minimum absolute atomic E-state index is 0.0836. The summed E-state index contributed by atoms with van der Waals surface area (Å²) in [6, 6.07) is 7.85. The molecule has 3 aliphatic rings. The summed E-state index contributed by atoms with van der Waals surface area (Å²) in [5.74, 6) is -2.91. The highest BCUT2D eigenvalue weighted by Crippen LogP contribution is 2.61. The van der Waals surface area contributed by atoms with Gasteiger partial charge in [-0.25, -0.2) is 0 Å². The summed E-state index contributed by atoms with van der Waals surface area (Å²) in [5, 5.41) is 10.7. The summed E-state index contributed by atoms with van der Waals surface area (Å²) in [6.45, 7) is 18.2. The van der Waals surface area contributed by atoms with Crippen LogP contribution < -0.4 is 0 Å². The quantitative estimate of drug-likeness (QED) is 0.143. The van der Waals surface area contributed by atoms with Gasteiger partial charge < -0.3 is 24.4 Å². The van der Waals surface area contributed by atoms with Gasteiger partial charge in [-0.05, 0) is 50.5 Å². The third-order valence-corrected chi connectivity index (χ3v) is 9.83. The Kier molecular flexibility index (Phi) is 9.99. The fourth-order valence-corrected chi connectivity index (χ4v) is 8.73. The number of rotatable bonds is 13. The molecule has 3 saturated heterocycles. The van der Waals surface area contributed by atoms with Crippen LogP contribution in [0.5, 0.6) is 0 Å². The van der Waals surface area contributed by atoms with Crippen molar-refractivity contribution in [2.24, 2.45) is 17.3 Å². The Morgan fingerprint density at radius 2 is 1.88 bits per heavy atom. The molecule has 0 aromatic heterocycles. The lowest BCUT2D eigenvalue weighted by atomic mass is 9.70. The number of aliphatic hydroxyl groups is 1. The second-order valence-electron chi connectivity index (χ2n) is 14.0. The van der Waals surface area contributed by atoms with E-state index in [1.807, 2.05) is 44.2 Å². The van der Waals surface area contributed by atoms with Crippen LogP contribution in [0.25, 0.3) is 0 Å². The van der Waals surface area contributed by atoms with Gasteiger partial charge in [-0.1, -0.05) is 79.2 Å². The number of benzene rings is 1. The normalized spacial score (nSPS) is 28.9. The smallest absolute Gasteiger partial charge is 0.312 e. The maximum atomic E-state index is 15.0. The Morgan fingerprint density at radius 1 is 1.21 bits per heavy atom. The fourth-order valence-electron chi connectivity index (χ4n) is 7.79. The van der Waals surface area contributed by atoms with E-state index >= 15 is 0 Å². The van der Waals surface area contributed by atoms with Crippen LogP contribution in [-0.2, 0) is 30.3 Å². The van der Waals surface area contributed by atoms with E-state index in [9.17, 15) is 19.5 Å². The Morgan fingerprint density at radius 3 is 2.47 bits per heavy atom. The number of alkyl halides is 1. The molecule has 1 aromatic rings. The first kappa shape index (κ1) is 33.4. The van der Waals surface area contributed by atoms with Gasteiger partial charge in [-0.15, -0.1) is 13.2 Å². The van der Waals surface area contributed by atoms with E-state index in [0.717, 1.165) is 5.56 Å². The van der Waals surface area contributed by atoms with Crippen molar-refractivity contribution in [3.63, 3.8) is 0 Å². The number of likely N-dealkylation sites (tertiary alicyclic amines) is 1. The van der Waals surface area contributed by atoms with E-state index in [4.69, 9.17) is 9.47 Å². The van der Waals surface area contributed by atoms with E-state index < -0.39 is 47.1 Å². The molecule has 3 aliphatic heterocycles. The van der Waals surface area contributed by atoms with Crippen molar-refractivity contribution in [1.82, 2.24) is 9.80 Å². The molecule has 3 fully saturated rings. The van der Waals surface area contributed by atoms with Crippen LogP contribution in [0.4, 0.5) is 0 Å². The zero-order valence-electron chi connectivity index (χ0n) is 26.1. The van der Waals surface area contributed by atoms with Gasteiger partial charge in [-0.3, -0.25) is 14.4 Å². The molecule has 8 nitrogen and oxygen atoms in total. The van der Waals surface area contributed by atoms with Crippen LogP contribution in [0.3, 0.4) is 0 Å². The monoisotopic (exact) mass is 658 g/mol. The summed E-state index contributed by atoms with van der Waals surface area (Å²) in [6.07, 6.45) is 4.67. The van der Waals surface area contributed by atoms with Crippen LogP contribution in [0.15, 0.2) is 55.6 Å². The topological polar surface area (TPSA) is 96.4 Å². The molecule has 0 aliphatic carbocycles. The molecule has 2 bridgehead atoms. The number of aliphatic hydroxyl groups excluding tert-OH is 1. The van der Waals surface area contributed by atoms with Crippen LogP contribution in [0.1, 0.15) is 59.4 Å². The molecule has 3 unspecified atom stereocenters. The fraction of sp³-hybridized carbons (Fsp3) is 0.618. The largest absolute Gasteiger partial charge is 0.465 e. The number of amides is 2. The molecule has 0 radical (unpaired) electrons. The summed E-state index contributed by atoms with van der Waals surface area (Å²) < 4.78 is 12.3. The lowest BCUT2D eigenvalue weighted by Crippen LogP contribution is -2.63. The minimum Gasteiger partial charge on any atom is -0.465 e. The second-order valence-corrected chi connectivity index (χ2v) is 15.1. The van der Waals surface area contributed by atoms with Crippen molar-refractivity contribution in [1.29, 1.82) is 0 Å². The number of nitrogens with zero attached hydrogens (tertiary/aromatic N) is 2. The Hall–Kier alpha value is -2.49. The number of fused-ring (bicyclic) bond motifs is 1. The van der Waals surface area contributed by atoms with Gasteiger partial charge in [-0.2, -0.15) is 0 Å². The summed E-state index contributed by atoms with van der Waals surface area (Å²) >= 11 is 3.72. The Balaban J connectivity index is 1.83. The lowest BCUT2D eigenvalue weighted by molar-refractivity contribution is -0.157. The number of carbonyl (C=O) groups is 3. The Labute approximate surface area is 264 Å². The highest BCUT2D eigenvalue weighted by atomic mass is 79.9. The van der Waals surface area contributed by atoms with E-state index in [-0.39, 0.29) is 41.8 Å². The van der Waals surface area contributed by atoms with Crippen molar-refractivity contribution in [3.05, 3.63) is 61.2 Å². The number of hydrogen-bond donors (Lipinski definition) is 1. The lowest BCUT2D eigenvalue weighted by Gasteiger charge is -2.46. The van der Waals surface area contributed by atoms with Gasteiger partial charge in [0, 0.05) is 16.9 Å². The van der Waals surface area contributed by atoms with Gasteiger partial charge in [0.25, 0.3) is 0 Å². The zero-order valence-corrected chi connectivity index (χ0v) is 27.7. The van der Waals surface area contributed by atoms with Crippen LogP contribution in [-0.4, -0.2) is 86.6 Å². The molecule has 1 spiro atoms. The standard InChI is InChI=1S/C34H47BrN2O6/c1-8-10-17-42-31(41)25-26-29(39)37(23(20-38)18-22-14-12-11-13-15-22)28(34(26)19-24(35)27(25)43-34)30(40)36(16-9-2)33(6,7)21-32(3,4)5/h8-9,11-15,23-28,38H,1-2,10,16-21H2,3-7H3/t23-,24?,25-,26+,27-,28?,34?/m1/s1. The van der Waals surface area contributed by atoms with Crippen LogP contribution in [0.2, 0.25) is 0 Å². The third-order valence-electron chi connectivity index (χ3n) is 8.99. The molecule has 43 heavy (non-hydrogen) atoms. The van der Waals surface area contributed by atoms with E-state index in [1.54, 1.807) is 17.1 Å². The van der Waals surface area contributed by atoms with E-state index in [1.165, 1.54) is 4.90 Å². The summed E-state index contributed by atoms with van der Waals surface area (Å²) in [4.78, 5) is 46.2. The maximum absolute atomic E-state index is 15.0. The van der Waals surface area contributed by atoms with Crippen LogP contribution >= 0.6 is 15.9 Å². The number of esters is 1. The van der Waals surface area contributed by atoms with Crippen molar-refractivity contribution < 1.29 is 29.0 Å². The molecule has 236 valence electrons. The maximum Gasteiger partial charge on any atom is 0.312 e. The molecule has 1 N–H and O–H groups in total. The minimum atomic E-state index is -1.25. The van der Waals surface area contributed by atoms with Gasteiger partial charge in [0.2, 0.25) is 11.8 Å². The van der Waals surface area contributed by atoms with Crippen molar-refractivity contribution in [2.45, 2.75) is 94.5 Å². The SMILES string of the molecule is C=CCCOC(=O)[C@H]1[C@@H]2OC3(CC2Br)C(C(=O)N(CC=C)C(C)(C)CC(C)(C)C)N([C@@H](CO)Cc2ccccc2)C(=O)[C@H]13. The summed E-state index contributed by atoms with van der Waals surface area (Å²) in [7, 11) is 0. The highest BCUT2D eigenvalue weighted by molar-refractivity contribution is 9.09. The number of ether oxygens (including phenoxy) is 2. The molecule has 1 aromatic carbocycles. The van der Waals surface area contributed by atoms with E-state index in [2.05, 4.69) is 49.9 Å². The predicted molar refractivity (Wildman–Crippen MR) is 169 cm³/mol. The first-order chi connectivity index (χ1) is 20.2. The van der Waals surface area contributed by atoms with E-state index in [0.29, 0.717) is 25.7 Å². The molecular formula is C34H47BrN2O6. The second kappa shape index (κ2) is 12.9. The molecule has 4 rings (SSSR count). The first-order valence-electron chi connectivity index (χ1n) is 15.2. The van der Waals surface area contributed by atoms with Crippen molar-refractivity contribution in [3.8, 4) is 0 Å². The van der Waals surface area contributed by atoms with Gasteiger partial charge in [0.15, 0.2) is 0 Å². The van der Waals surface area contributed by atoms with Crippen molar-refractivity contribution in [2.75, 3.05) is 19.8 Å². The average molecular weight is 660 g/mol. The number of hydrogen-bond acceptors (Lipinski definition) is 6. The van der Waals surface area contributed by atoms with Gasteiger partial charge in [0.05, 0.1) is 37.2 Å². The molecule has 7 atom stereocenters. The van der Waals surface area contributed by atoms with Gasteiger partial charge >= 0.3 is 5.97 Å². The van der Waals surface area contributed by atoms with Gasteiger partial charge in [0.1, 0.15) is 11.6 Å². The zero-order chi connectivity index (χ0) is 31.7. The first-order valence-corrected chi connectivity index (χ1v) is 16.1. The molecule has 3 heterocycles. The predicted octanol–water partition coefficient (Wildman–Crippen LogP) is 4.69. The highest BCUT2D eigenvalue weighted by Gasteiger charge is 2.77. The third kappa shape index (κ3) is 6.36. The number of halogens is 1. The number of carbonyl (C=O) groups excluding carboxylic acids is 3.